The highest BCUT2D eigenvalue weighted by molar-refractivity contribution is 9.10. The predicted octanol–water partition coefficient (Wildman–Crippen LogP) is 3.68. The monoisotopic (exact) mass is 288 g/mol. The van der Waals surface area contributed by atoms with Crippen molar-refractivity contribution in [1.82, 2.24) is 0 Å². The highest BCUT2D eigenvalue weighted by Crippen LogP contribution is 2.23. The van der Waals surface area contributed by atoms with Crippen molar-refractivity contribution in [3.05, 3.63) is 39.3 Å². The van der Waals surface area contributed by atoms with Gasteiger partial charge in [-0.3, -0.25) is 4.79 Å². The van der Waals surface area contributed by atoms with E-state index in [1.165, 1.54) is 7.11 Å². The maximum Gasteiger partial charge on any atom is 0.309 e. The molecule has 0 aliphatic heterocycles. The van der Waals surface area contributed by atoms with Crippen molar-refractivity contribution in [2.24, 2.45) is 0 Å². The molecule has 0 unspecified atom stereocenters. The van der Waals surface area contributed by atoms with Crippen LogP contribution < -0.4 is 0 Å². The average molecular weight is 290 g/mol. The van der Waals surface area contributed by atoms with Crippen molar-refractivity contribution in [3.8, 4) is 0 Å². The highest BCUT2D eigenvalue weighted by Gasteiger charge is 1.97. The first-order valence-electron chi connectivity index (χ1n) is 4.32. The number of halogens is 2. The second kappa shape index (κ2) is 5.93. The summed E-state index contributed by atoms with van der Waals surface area (Å²) in [6.07, 6.45) is 3.87. The van der Waals surface area contributed by atoms with Gasteiger partial charge in [0.15, 0.2) is 0 Å². The van der Waals surface area contributed by atoms with Crippen molar-refractivity contribution in [3.63, 3.8) is 0 Å². The minimum Gasteiger partial charge on any atom is -0.469 e. The molecule has 0 saturated carbocycles. The fourth-order valence-corrected chi connectivity index (χ4v) is 1.50. The number of methoxy groups -OCH3 is 1. The predicted molar refractivity (Wildman–Crippen MR) is 64.8 cm³/mol. The number of hydrogen-bond acceptors (Lipinski definition) is 2. The maximum absolute atomic E-state index is 10.8. The molecular formula is C11H10BrClO2. The summed E-state index contributed by atoms with van der Waals surface area (Å²) in [6.45, 7) is 0. The summed E-state index contributed by atoms with van der Waals surface area (Å²) in [5.41, 5.74) is 0.982. The molecule has 2 nitrogen and oxygen atoms in total. The van der Waals surface area contributed by atoms with Crippen LogP contribution in [-0.4, -0.2) is 13.1 Å². The second-order valence-electron chi connectivity index (χ2n) is 2.86. The lowest BCUT2D eigenvalue weighted by Crippen LogP contribution is -1.96. The summed E-state index contributed by atoms with van der Waals surface area (Å²) in [5, 5.41) is 0.667. The Bertz CT molecular complexity index is 388. The van der Waals surface area contributed by atoms with Crippen LogP contribution in [0, 0.1) is 0 Å². The van der Waals surface area contributed by atoms with Crippen LogP contribution in [-0.2, 0) is 9.53 Å². The first kappa shape index (κ1) is 12.3. The molecule has 0 radical (unpaired) electrons. The quantitative estimate of drug-likeness (QED) is 0.794. The Labute approximate surface area is 102 Å². The van der Waals surface area contributed by atoms with Gasteiger partial charge >= 0.3 is 5.97 Å². The van der Waals surface area contributed by atoms with Gasteiger partial charge in [0, 0.05) is 4.47 Å². The molecule has 4 heteroatoms. The van der Waals surface area contributed by atoms with Gasteiger partial charge in [0.1, 0.15) is 0 Å². The van der Waals surface area contributed by atoms with Crippen molar-refractivity contribution >= 4 is 39.6 Å². The maximum atomic E-state index is 10.8. The Balaban J connectivity index is 2.65. The molecule has 0 atom stereocenters. The van der Waals surface area contributed by atoms with E-state index in [-0.39, 0.29) is 12.4 Å². The Morgan fingerprint density at radius 1 is 1.60 bits per heavy atom. The van der Waals surface area contributed by atoms with Crippen molar-refractivity contribution < 1.29 is 9.53 Å². The molecule has 0 heterocycles. The van der Waals surface area contributed by atoms with Crippen molar-refractivity contribution in [2.75, 3.05) is 7.11 Å². The molecule has 1 aromatic carbocycles. The standard InChI is InChI=1S/C11H10BrClO2/c1-15-11(14)4-2-3-8-5-6-10(13)9(12)7-8/h2-3,5-7H,4H2,1H3. The topological polar surface area (TPSA) is 26.3 Å². The molecule has 0 aromatic heterocycles. The van der Waals surface area contributed by atoms with Gasteiger partial charge in [-0.1, -0.05) is 29.8 Å². The van der Waals surface area contributed by atoms with E-state index in [4.69, 9.17) is 11.6 Å². The van der Waals surface area contributed by atoms with E-state index in [1.807, 2.05) is 18.2 Å². The zero-order chi connectivity index (χ0) is 11.3. The SMILES string of the molecule is COC(=O)CC=Cc1ccc(Cl)c(Br)c1. The summed E-state index contributed by atoms with van der Waals surface area (Å²) in [7, 11) is 1.37. The minimum absolute atomic E-state index is 0.251. The molecular weight excluding hydrogens is 279 g/mol. The number of benzene rings is 1. The highest BCUT2D eigenvalue weighted by atomic mass is 79.9. The van der Waals surface area contributed by atoms with E-state index in [9.17, 15) is 4.79 Å². The molecule has 0 spiro atoms. The number of ether oxygens (including phenoxy) is 1. The Morgan fingerprint density at radius 2 is 2.33 bits per heavy atom. The zero-order valence-corrected chi connectivity index (χ0v) is 10.5. The third kappa shape index (κ3) is 4.06. The largest absolute Gasteiger partial charge is 0.469 e. The van der Waals surface area contributed by atoms with Gasteiger partial charge in [-0.2, -0.15) is 0 Å². The molecule has 0 amide bonds. The fourth-order valence-electron chi connectivity index (χ4n) is 0.991. The van der Waals surface area contributed by atoms with Crippen molar-refractivity contribution in [1.29, 1.82) is 0 Å². The van der Waals surface area contributed by atoms with Gasteiger partial charge in [-0.25, -0.2) is 0 Å². The van der Waals surface area contributed by atoms with Gasteiger partial charge in [-0.15, -0.1) is 0 Å². The lowest BCUT2D eigenvalue weighted by atomic mass is 10.2. The Kier molecular flexibility index (Phi) is 4.85. The third-order valence-corrected chi connectivity index (χ3v) is 2.98. The molecule has 15 heavy (non-hydrogen) atoms. The molecule has 1 aromatic rings. The van der Waals surface area contributed by atoms with Crippen LogP contribution in [0.4, 0.5) is 0 Å². The molecule has 1 rings (SSSR count). The van der Waals surface area contributed by atoms with E-state index >= 15 is 0 Å². The molecule has 0 aliphatic carbocycles. The second-order valence-corrected chi connectivity index (χ2v) is 4.12. The van der Waals surface area contributed by atoms with E-state index in [0.717, 1.165) is 10.0 Å². The van der Waals surface area contributed by atoms with Gasteiger partial charge in [-0.05, 0) is 33.6 Å². The minimum atomic E-state index is -0.251. The number of esters is 1. The average Bonchev–Trinajstić information content (AvgIpc) is 2.23. The first-order valence-corrected chi connectivity index (χ1v) is 5.49. The van der Waals surface area contributed by atoms with E-state index < -0.39 is 0 Å². The number of rotatable bonds is 3. The summed E-state index contributed by atoms with van der Waals surface area (Å²) in [4.78, 5) is 10.8. The van der Waals surface area contributed by atoms with Crippen LogP contribution in [0.3, 0.4) is 0 Å². The summed E-state index contributed by atoms with van der Waals surface area (Å²) in [5.74, 6) is -0.251. The first-order chi connectivity index (χ1) is 7.13. The lowest BCUT2D eigenvalue weighted by molar-refractivity contribution is -0.139. The smallest absolute Gasteiger partial charge is 0.309 e. The Morgan fingerprint density at radius 3 is 2.93 bits per heavy atom. The fraction of sp³-hybridized carbons (Fsp3) is 0.182. The zero-order valence-electron chi connectivity index (χ0n) is 8.17. The lowest BCUT2D eigenvalue weighted by Gasteiger charge is -1.97. The molecule has 0 saturated heterocycles. The molecule has 0 aliphatic rings. The van der Waals surface area contributed by atoms with Crippen molar-refractivity contribution in [2.45, 2.75) is 6.42 Å². The van der Waals surface area contributed by atoms with Gasteiger partial charge in [0.25, 0.3) is 0 Å². The normalized spacial score (nSPS) is 10.6. The molecule has 0 N–H and O–H groups in total. The molecule has 0 bridgehead atoms. The number of hydrogen-bond donors (Lipinski definition) is 0. The van der Waals surface area contributed by atoms with Gasteiger partial charge < -0.3 is 4.74 Å². The van der Waals surface area contributed by atoms with Crippen LogP contribution in [0.15, 0.2) is 28.7 Å². The summed E-state index contributed by atoms with van der Waals surface area (Å²) >= 11 is 9.17. The van der Waals surface area contributed by atoms with Gasteiger partial charge in [0.2, 0.25) is 0 Å². The molecule has 0 fully saturated rings. The van der Waals surface area contributed by atoms with Crippen LogP contribution in [0.1, 0.15) is 12.0 Å². The summed E-state index contributed by atoms with van der Waals surface area (Å²) in [6, 6.07) is 5.56. The third-order valence-electron chi connectivity index (χ3n) is 1.77. The number of carbonyl (C=O) groups is 1. The van der Waals surface area contributed by atoms with Crippen LogP contribution in [0.2, 0.25) is 5.02 Å². The van der Waals surface area contributed by atoms with E-state index in [2.05, 4.69) is 20.7 Å². The van der Waals surface area contributed by atoms with E-state index in [0.29, 0.717) is 5.02 Å². The van der Waals surface area contributed by atoms with Gasteiger partial charge in [0.05, 0.1) is 18.6 Å². The van der Waals surface area contributed by atoms with Crippen LogP contribution >= 0.6 is 27.5 Å². The summed E-state index contributed by atoms with van der Waals surface area (Å²) < 4.78 is 5.35. The number of carbonyl (C=O) groups excluding carboxylic acids is 1. The van der Waals surface area contributed by atoms with Crippen LogP contribution in [0.25, 0.3) is 6.08 Å². The van der Waals surface area contributed by atoms with E-state index in [1.54, 1.807) is 12.1 Å². The van der Waals surface area contributed by atoms with Crippen LogP contribution in [0.5, 0.6) is 0 Å². The Hall–Kier alpha value is -0.800. The molecule has 80 valence electrons.